The second-order valence-electron chi connectivity index (χ2n) is 13.4. The smallest absolute Gasteiger partial charge is 0.224 e. The molecule has 276 valence electrons. The van der Waals surface area contributed by atoms with Crippen molar-refractivity contribution in [2.75, 3.05) is 13.2 Å². The Labute approximate surface area is 317 Å². The lowest BCUT2D eigenvalue weighted by atomic mass is 9.92. The van der Waals surface area contributed by atoms with Crippen LogP contribution in [-0.4, -0.2) is 46.1 Å². The van der Waals surface area contributed by atoms with E-state index in [0.29, 0.717) is 44.1 Å². The molecule has 0 aliphatic carbocycles. The summed E-state index contributed by atoms with van der Waals surface area (Å²) >= 11 is 0. The lowest BCUT2D eigenvalue weighted by molar-refractivity contribution is -0.121. The number of nitrogens with two attached hydrogens (primary N) is 2. The third kappa shape index (κ3) is 10.5. The number of ether oxygens (including phenoxy) is 2. The van der Waals surface area contributed by atoms with Gasteiger partial charge in [0.2, 0.25) is 5.91 Å². The van der Waals surface area contributed by atoms with E-state index < -0.39 is 0 Å². The van der Waals surface area contributed by atoms with E-state index in [-0.39, 0.29) is 43.3 Å². The molecule has 0 saturated heterocycles. The van der Waals surface area contributed by atoms with E-state index >= 15 is 0 Å². The molecule has 53 heavy (non-hydrogen) atoms. The van der Waals surface area contributed by atoms with Crippen molar-refractivity contribution in [3.05, 3.63) is 121 Å². The zero-order valence-electron chi connectivity index (χ0n) is 30.3. The fraction of sp³-hybridized carbons (Fsp3) is 0.286. The van der Waals surface area contributed by atoms with Gasteiger partial charge in [-0.2, -0.15) is 0 Å². The molecule has 0 spiro atoms. The lowest BCUT2D eigenvalue weighted by Gasteiger charge is -2.20. The summed E-state index contributed by atoms with van der Waals surface area (Å²) in [4.78, 5) is 17.1. The number of carbonyl (C=O) groups excluding carboxylic acids is 1. The fourth-order valence-electron chi connectivity index (χ4n) is 6.35. The van der Waals surface area contributed by atoms with Crippen LogP contribution in [0.3, 0.4) is 0 Å². The molecule has 10 nitrogen and oxygen atoms in total. The highest BCUT2D eigenvalue weighted by atomic mass is 35.5. The highest BCUT2D eigenvalue weighted by Gasteiger charge is 2.20. The van der Waals surface area contributed by atoms with E-state index in [1.165, 1.54) is 0 Å². The Morgan fingerprint density at radius 3 is 2.08 bits per heavy atom. The highest BCUT2D eigenvalue weighted by Crippen LogP contribution is 2.45. The Morgan fingerprint density at radius 2 is 1.43 bits per heavy atom. The minimum Gasteiger partial charge on any atom is -0.493 e. The van der Waals surface area contributed by atoms with Crippen molar-refractivity contribution in [2.24, 2.45) is 22.4 Å². The van der Waals surface area contributed by atoms with Gasteiger partial charge >= 0.3 is 0 Å². The molecule has 1 atom stereocenters. The topological polar surface area (TPSA) is 143 Å². The number of guanidine groups is 1. The average molecular weight is 734 g/mol. The number of halogens is 1. The van der Waals surface area contributed by atoms with Crippen molar-refractivity contribution in [3.8, 4) is 22.6 Å². The van der Waals surface area contributed by atoms with Crippen molar-refractivity contribution in [1.29, 1.82) is 0 Å². The van der Waals surface area contributed by atoms with Crippen LogP contribution in [0.5, 0.6) is 11.5 Å². The largest absolute Gasteiger partial charge is 0.493 e. The number of nitrogens with zero attached hydrogens (tertiary/aromatic N) is 4. The van der Waals surface area contributed by atoms with Gasteiger partial charge in [-0.25, -0.2) is 0 Å². The molecule has 6 rings (SSSR count). The van der Waals surface area contributed by atoms with Crippen LogP contribution >= 0.6 is 12.4 Å². The molecule has 0 bridgehead atoms. The van der Waals surface area contributed by atoms with E-state index in [4.69, 9.17) is 20.9 Å². The lowest BCUT2D eigenvalue weighted by Crippen LogP contribution is -2.39. The Hall–Kier alpha value is -5.61. The molecule has 0 saturated carbocycles. The maximum atomic E-state index is 13.0. The van der Waals surface area contributed by atoms with Gasteiger partial charge in [0.1, 0.15) is 23.8 Å². The first-order chi connectivity index (χ1) is 25.3. The van der Waals surface area contributed by atoms with Crippen LogP contribution in [0.2, 0.25) is 0 Å². The maximum Gasteiger partial charge on any atom is 0.224 e. The molecule has 0 aliphatic heterocycles. The third-order valence-electron chi connectivity index (χ3n) is 8.93. The summed E-state index contributed by atoms with van der Waals surface area (Å²) in [5, 5.41) is 16.4. The molecule has 0 aliphatic rings. The zero-order chi connectivity index (χ0) is 36.3. The minimum atomic E-state index is -0.201. The number of rotatable bonds is 17. The molecule has 11 heteroatoms. The molecule has 1 amide bonds. The second kappa shape index (κ2) is 18.8. The van der Waals surface area contributed by atoms with Crippen LogP contribution < -0.4 is 26.3 Å². The quantitative estimate of drug-likeness (QED) is 0.0502. The number of hydrogen-bond donors (Lipinski definition) is 3. The molecule has 1 heterocycles. The minimum absolute atomic E-state index is 0. The van der Waals surface area contributed by atoms with E-state index in [9.17, 15) is 4.79 Å². The SMILES string of the molecule is CC(C)CCOc1ccc2ccccc2c1-c1c(OCc2cn(C[C@@H](CCCN=C(N)N)NC(=O)Cc3ccccc3)nn2)ccc2ccccc12.Cl. The van der Waals surface area contributed by atoms with Crippen LogP contribution in [0, 0.1) is 5.92 Å². The average Bonchev–Trinajstić information content (AvgIpc) is 3.59. The predicted octanol–water partition coefficient (Wildman–Crippen LogP) is 7.46. The first-order valence-corrected chi connectivity index (χ1v) is 17.9. The standard InChI is InChI=1S/C42H47N7O3.ClH/c1-29(2)22-24-51-37-20-18-31-13-6-8-16-35(31)40(37)41-36-17-9-7-14-32(36)19-21-38(41)52-28-34-27-49(48-47-34)26-33(15-10-23-45-42(43)44)46-39(50)25-30-11-4-3-5-12-30;/h3-9,11-14,16-21,27,29,33H,10,15,22-26,28H2,1-2H3,(H,46,50)(H4,43,44,45);1H/t33-;/m1./s1. The Bertz CT molecular complexity index is 2130. The number of aliphatic imine (C=N–C) groups is 1. The molecule has 0 fully saturated rings. The van der Waals surface area contributed by atoms with E-state index in [1.54, 1.807) is 4.68 Å². The number of aromatic nitrogens is 3. The summed E-state index contributed by atoms with van der Waals surface area (Å²) in [7, 11) is 0. The number of amides is 1. The van der Waals surface area contributed by atoms with Gasteiger partial charge in [0, 0.05) is 23.7 Å². The monoisotopic (exact) mass is 733 g/mol. The Morgan fingerprint density at radius 1 is 0.811 bits per heavy atom. The summed E-state index contributed by atoms with van der Waals surface area (Å²) in [5.74, 6) is 2.07. The zero-order valence-corrected chi connectivity index (χ0v) is 31.1. The van der Waals surface area contributed by atoms with Crippen LogP contribution in [-0.2, 0) is 24.4 Å². The molecule has 6 aromatic rings. The summed E-state index contributed by atoms with van der Waals surface area (Å²) in [6.45, 7) is 6.14. The molecular weight excluding hydrogens is 686 g/mol. The number of benzene rings is 5. The summed E-state index contributed by atoms with van der Waals surface area (Å²) in [6, 6.07) is 34.5. The Kier molecular flexibility index (Phi) is 13.7. The van der Waals surface area contributed by atoms with Gasteiger partial charge in [-0.3, -0.25) is 14.5 Å². The van der Waals surface area contributed by atoms with Gasteiger partial charge in [0.25, 0.3) is 0 Å². The molecular formula is C42H48ClN7O3. The van der Waals surface area contributed by atoms with Crippen molar-refractivity contribution < 1.29 is 14.3 Å². The summed E-state index contributed by atoms with van der Waals surface area (Å²) < 4.78 is 14.8. The van der Waals surface area contributed by atoms with Gasteiger partial charge in [-0.15, -0.1) is 17.5 Å². The molecule has 5 N–H and O–H groups in total. The predicted molar refractivity (Wildman–Crippen MR) is 215 cm³/mol. The van der Waals surface area contributed by atoms with Crippen molar-refractivity contribution in [1.82, 2.24) is 20.3 Å². The number of fused-ring (bicyclic) bond motifs is 2. The number of carbonyl (C=O) groups is 1. The van der Waals surface area contributed by atoms with Crippen molar-refractivity contribution >= 4 is 45.8 Å². The molecule has 0 radical (unpaired) electrons. The maximum absolute atomic E-state index is 13.0. The molecule has 1 aromatic heterocycles. The van der Waals surface area contributed by atoms with Gasteiger partial charge in [0.15, 0.2) is 5.96 Å². The van der Waals surface area contributed by atoms with Crippen molar-refractivity contribution in [3.63, 3.8) is 0 Å². The molecule has 5 aromatic carbocycles. The summed E-state index contributed by atoms with van der Waals surface area (Å²) in [6.07, 6.45) is 4.47. The van der Waals surface area contributed by atoms with Crippen LogP contribution in [0.1, 0.15) is 44.4 Å². The summed E-state index contributed by atoms with van der Waals surface area (Å²) in [5.41, 5.74) is 14.6. The van der Waals surface area contributed by atoms with Crippen molar-refractivity contribution in [2.45, 2.75) is 58.7 Å². The van der Waals surface area contributed by atoms with Gasteiger partial charge < -0.3 is 26.3 Å². The van der Waals surface area contributed by atoms with Gasteiger partial charge in [-0.1, -0.05) is 110 Å². The number of nitrogens with one attached hydrogen (secondary N) is 1. The first-order valence-electron chi connectivity index (χ1n) is 17.9. The highest BCUT2D eigenvalue weighted by molar-refractivity contribution is 6.09. The van der Waals surface area contributed by atoms with Crippen LogP contribution in [0.4, 0.5) is 0 Å². The van der Waals surface area contributed by atoms with Gasteiger partial charge in [-0.05, 0) is 64.4 Å². The normalized spacial score (nSPS) is 11.6. The van der Waals surface area contributed by atoms with Crippen LogP contribution in [0.15, 0.2) is 114 Å². The van der Waals surface area contributed by atoms with E-state index in [0.717, 1.165) is 56.2 Å². The second-order valence-corrected chi connectivity index (χ2v) is 13.4. The third-order valence-corrected chi connectivity index (χ3v) is 8.93. The Balaban J connectivity index is 0.00000541. The van der Waals surface area contributed by atoms with E-state index in [1.807, 2.05) is 48.7 Å². The molecule has 0 unspecified atom stereocenters. The van der Waals surface area contributed by atoms with E-state index in [2.05, 4.69) is 95.1 Å². The van der Waals surface area contributed by atoms with Crippen LogP contribution in [0.25, 0.3) is 32.7 Å². The number of hydrogen-bond acceptors (Lipinski definition) is 6. The van der Waals surface area contributed by atoms with Gasteiger partial charge in [0.05, 0.1) is 25.8 Å². The first kappa shape index (κ1) is 38.6. The fourth-order valence-corrected chi connectivity index (χ4v) is 6.35.